The van der Waals surface area contributed by atoms with E-state index in [0.717, 1.165) is 38.5 Å². The highest BCUT2D eigenvalue weighted by molar-refractivity contribution is 5.96. The molecular weight excluding hydrogens is 486 g/mol. The Balaban J connectivity index is 1.44. The summed E-state index contributed by atoms with van der Waals surface area (Å²) in [5.41, 5.74) is 2.04. The van der Waals surface area contributed by atoms with Gasteiger partial charge in [-0.05, 0) is 43.4 Å². The summed E-state index contributed by atoms with van der Waals surface area (Å²) in [5, 5.41) is 22.2. The third kappa shape index (κ3) is 6.67. The Morgan fingerprint density at radius 1 is 1.05 bits per heavy atom. The number of carboxylic acid groups (broad SMARTS) is 1. The number of carbonyl (C=O) groups is 3. The first-order chi connectivity index (χ1) is 18.4. The fraction of sp³-hybridized carbons (Fsp3) is 0.464. The number of rotatable bonds is 11. The van der Waals surface area contributed by atoms with Crippen molar-refractivity contribution < 1.29 is 23.9 Å². The number of benzene rings is 1. The zero-order valence-electron chi connectivity index (χ0n) is 21.8. The van der Waals surface area contributed by atoms with Crippen LogP contribution in [0.25, 0.3) is 22.7 Å². The molecule has 0 unspecified atom stereocenters. The van der Waals surface area contributed by atoms with Gasteiger partial charge >= 0.3 is 5.97 Å². The van der Waals surface area contributed by atoms with Gasteiger partial charge in [0.2, 0.25) is 11.7 Å². The first kappa shape index (κ1) is 27.1. The van der Waals surface area contributed by atoms with Crippen LogP contribution in [0, 0.1) is 5.92 Å². The molecule has 2 heterocycles. The average molecular weight is 522 g/mol. The fourth-order valence-electron chi connectivity index (χ4n) is 4.87. The standard InChI is InChI=1S/C28H35N5O5/c1-3-20(4-2)30-26(35)24-16-29-27(38-24)19-12-8-11-18(14-19)21-15-22(33-32-21)25(34)31-23(28(36)37)13-17-9-6-5-7-10-17/h8,11-12,14-17,20,23H,3-7,9-10,13H2,1-2H3,(H,30,35)(H,31,34)(H,32,33)(H,36,37)/t23-/m0/s1. The van der Waals surface area contributed by atoms with Crippen LogP contribution < -0.4 is 10.6 Å². The minimum atomic E-state index is -1.03. The van der Waals surface area contributed by atoms with Crippen molar-refractivity contribution in [2.24, 2.45) is 5.92 Å². The van der Waals surface area contributed by atoms with Crippen LogP contribution in [-0.2, 0) is 4.79 Å². The highest BCUT2D eigenvalue weighted by atomic mass is 16.4. The molecule has 38 heavy (non-hydrogen) atoms. The Morgan fingerprint density at radius 3 is 2.50 bits per heavy atom. The molecule has 202 valence electrons. The van der Waals surface area contributed by atoms with Gasteiger partial charge in [-0.25, -0.2) is 9.78 Å². The number of amides is 2. The Bertz CT molecular complexity index is 1260. The maximum Gasteiger partial charge on any atom is 0.326 e. The number of carbonyl (C=O) groups excluding carboxylic acids is 2. The number of aromatic amines is 1. The number of oxazole rings is 1. The summed E-state index contributed by atoms with van der Waals surface area (Å²) in [4.78, 5) is 41.3. The molecule has 1 aromatic carbocycles. The molecule has 4 N–H and O–H groups in total. The maximum atomic E-state index is 12.8. The molecule has 3 aromatic rings. The second-order valence-corrected chi connectivity index (χ2v) is 9.87. The Labute approximate surface area is 221 Å². The number of hydrogen-bond donors (Lipinski definition) is 4. The van der Waals surface area contributed by atoms with Gasteiger partial charge in [-0.3, -0.25) is 14.7 Å². The van der Waals surface area contributed by atoms with Crippen molar-refractivity contribution in [2.75, 3.05) is 0 Å². The Kier molecular flexibility index (Phi) is 8.93. The molecule has 1 aliphatic carbocycles. The lowest BCUT2D eigenvalue weighted by Crippen LogP contribution is -2.42. The Morgan fingerprint density at radius 2 is 1.79 bits per heavy atom. The molecule has 0 saturated heterocycles. The van der Waals surface area contributed by atoms with Gasteiger partial charge < -0.3 is 20.2 Å². The van der Waals surface area contributed by atoms with Gasteiger partial charge in [-0.1, -0.05) is 58.1 Å². The summed E-state index contributed by atoms with van der Waals surface area (Å²) in [6.07, 6.45) is 8.88. The van der Waals surface area contributed by atoms with E-state index in [2.05, 4.69) is 25.8 Å². The molecule has 0 aliphatic heterocycles. The topological polar surface area (TPSA) is 150 Å². The van der Waals surface area contributed by atoms with Crippen LogP contribution in [-0.4, -0.2) is 50.2 Å². The van der Waals surface area contributed by atoms with Gasteiger partial charge in [0.15, 0.2) is 0 Å². The van der Waals surface area contributed by atoms with E-state index in [-0.39, 0.29) is 23.4 Å². The number of carboxylic acids is 1. The van der Waals surface area contributed by atoms with Gasteiger partial charge in [-0.2, -0.15) is 5.10 Å². The van der Waals surface area contributed by atoms with Crippen LogP contribution in [0.2, 0.25) is 0 Å². The molecule has 10 heteroatoms. The molecule has 2 amide bonds. The SMILES string of the molecule is CCC(CC)NC(=O)c1cnc(-c2cccc(-c3cc(C(=O)N[C@@H](CC4CCCCC4)C(=O)O)[nH]n3)c2)o1. The van der Waals surface area contributed by atoms with E-state index in [1.165, 1.54) is 12.6 Å². The summed E-state index contributed by atoms with van der Waals surface area (Å²) in [7, 11) is 0. The molecule has 1 fully saturated rings. The lowest BCUT2D eigenvalue weighted by atomic mass is 9.85. The van der Waals surface area contributed by atoms with E-state index >= 15 is 0 Å². The van der Waals surface area contributed by atoms with Gasteiger partial charge in [0, 0.05) is 17.2 Å². The third-order valence-corrected chi connectivity index (χ3v) is 7.18. The number of aromatic nitrogens is 3. The molecule has 4 rings (SSSR count). The zero-order valence-corrected chi connectivity index (χ0v) is 21.8. The van der Waals surface area contributed by atoms with E-state index in [9.17, 15) is 19.5 Å². The minimum Gasteiger partial charge on any atom is -0.480 e. The summed E-state index contributed by atoms with van der Waals surface area (Å²) < 4.78 is 5.71. The smallest absolute Gasteiger partial charge is 0.326 e. The van der Waals surface area contributed by atoms with E-state index in [1.54, 1.807) is 24.3 Å². The normalized spacial score (nSPS) is 14.8. The zero-order chi connectivity index (χ0) is 27.1. The van der Waals surface area contributed by atoms with Crippen molar-refractivity contribution in [1.29, 1.82) is 0 Å². The second kappa shape index (κ2) is 12.5. The molecule has 1 atom stereocenters. The number of H-pyrrole nitrogens is 1. The average Bonchev–Trinajstić information content (AvgIpc) is 3.63. The predicted molar refractivity (Wildman–Crippen MR) is 141 cm³/mol. The monoisotopic (exact) mass is 521 g/mol. The van der Waals surface area contributed by atoms with Crippen LogP contribution in [0.15, 0.2) is 40.9 Å². The predicted octanol–water partition coefficient (Wildman–Crippen LogP) is 4.80. The van der Waals surface area contributed by atoms with Crippen molar-refractivity contribution >= 4 is 17.8 Å². The Hall–Kier alpha value is -3.95. The fourth-order valence-corrected chi connectivity index (χ4v) is 4.87. The minimum absolute atomic E-state index is 0.0727. The van der Waals surface area contributed by atoms with Gasteiger partial charge in [0.1, 0.15) is 11.7 Å². The largest absolute Gasteiger partial charge is 0.480 e. The first-order valence-corrected chi connectivity index (χ1v) is 13.3. The molecule has 1 saturated carbocycles. The van der Waals surface area contributed by atoms with Crippen molar-refractivity contribution in [3.63, 3.8) is 0 Å². The second-order valence-electron chi connectivity index (χ2n) is 9.87. The number of nitrogens with one attached hydrogen (secondary N) is 3. The molecular formula is C28H35N5O5. The summed E-state index contributed by atoms with van der Waals surface area (Å²) in [6.45, 7) is 4.02. The van der Waals surface area contributed by atoms with E-state index in [1.807, 2.05) is 19.9 Å². The highest BCUT2D eigenvalue weighted by Crippen LogP contribution is 2.28. The molecule has 0 bridgehead atoms. The van der Waals surface area contributed by atoms with Crippen molar-refractivity contribution in [3.8, 4) is 22.7 Å². The van der Waals surface area contributed by atoms with Crippen LogP contribution in [0.3, 0.4) is 0 Å². The van der Waals surface area contributed by atoms with Crippen LogP contribution >= 0.6 is 0 Å². The van der Waals surface area contributed by atoms with E-state index in [4.69, 9.17) is 4.42 Å². The molecule has 2 aromatic heterocycles. The molecule has 10 nitrogen and oxygen atoms in total. The number of nitrogens with zero attached hydrogens (tertiary/aromatic N) is 2. The van der Waals surface area contributed by atoms with Crippen LogP contribution in [0.5, 0.6) is 0 Å². The van der Waals surface area contributed by atoms with Gasteiger partial charge in [0.25, 0.3) is 11.8 Å². The molecule has 0 radical (unpaired) electrons. The summed E-state index contributed by atoms with van der Waals surface area (Å²) in [5.74, 6) is -1.11. The van der Waals surface area contributed by atoms with Gasteiger partial charge in [-0.15, -0.1) is 0 Å². The summed E-state index contributed by atoms with van der Waals surface area (Å²) in [6, 6.07) is 7.95. The lowest BCUT2D eigenvalue weighted by molar-refractivity contribution is -0.139. The number of hydrogen-bond acceptors (Lipinski definition) is 6. The van der Waals surface area contributed by atoms with Crippen LogP contribution in [0.4, 0.5) is 0 Å². The van der Waals surface area contributed by atoms with Crippen molar-refractivity contribution in [3.05, 3.63) is 48.0 Å². The van der Waals surface area contributed by atoms with Crippen molar-refractivity contribution in [1.82, 2.24) is 25.8 Å². The maximum absolute atomic E-state index is 12.8. The summed E-state index contributed by atoms with van der Waals surface area (Å²) >= 11 is 0. The molecule has 1 aliphatic rings. The molecule has 0 spiro atoms. The quantitative estimate of drug-likeness (QED) is 0.283. The van der Waals surface area contributed by atoms with Crippen LogP contribution in [0.1, 0.15) is 86.3 Å². The number of aliphatic carboxylic acids is 1. The highest BCUT2D eigenvalue weighted by Gasteiger charge is 2.26. The lowest BCUT2D eigenvalue weighted by Gasteiger charge is -2.24. The third-order valence-electron chi connectivity index (χ3n) is 7.18. The van der Waals surface area contributed by atoms with E-state index in [0.29, 0.717) is 35.1 Å². The van der Waals surface area contributed by atoms with Gasteiger partial charge in [0.05, 0.1) is 11.9 Å². The van der Waals surface area contributed by atoms with E-state index < -0.39 is 17.9 Å². The first-order valence-electron chi connectivity index (χ1n) is 13.3. The van der Waals surface area contributed by atoms with Crippen molar-refractivity contribution in [2.45, 2.75) is 77.3 Å².